The second-order valence-corrected chi connectivity index (χ2v) is 4.10. The van der Waals surface area contributed by atoms with E-state index in [4.69, 9.17) is 5.73 Å². The molecule has 0 spiro atoms. The van der Waals surface area contributed by atoms with Crippen LogP contribution < -0.4 is 5.73 Å². The third-order valence-corrected chi connectivity index (χ3v) is 3.00. The molecule has 1 nitrogen and oxygen atoms in total. The van der Waals surface area contributed by atoms with Gasteiger partial charge in [-0.25, -0.2) is 4.39 Å². The van der Waals surface area contributed by atoms with Crippen molar-refractivity contribution in [3.8, 4) is 0 Å². The van der Waals surface area contributed by atoms with Crippen LogP contribution >= 0.6 is 11.8 Å². The van der Waals surface area contributed by atoms with Gasteiger partial charge in [0.15, 0.2) is 0 Å². The van der Waals surface area contributed by atoms with E-state index < -0.39 is 0 Å². The molecule has 0 fully saturated rings. The minimum Gasteiger partial charge on any atom is -0.324 e. The van der Waals surface area contributed by atoms with Gasteiger partial charge in [-0.05, 0) is 24.8 Å². The van der Waals surface area contributed by atoms with E-state index in [2.05, 4.69) is 6.92 Å². The molecule has 1 atom stereocenters. The molecule has 78 valence electrons. The van der Waals surface area contributed by atoms with E-state index >= 15 is 0 Å². The summed E-state index contributed by atoms with van der Waals surface area (Å²) in [5.74, 6) is -0.183. The van der Waals surface area contributed by atoms with Gasteiger partial charge in [0, 0.05) is 16.5 Å². The fraction of sp³-hybridized carbons (Fsp3) is 0.455. The van der Waals surface area contributed by atoms with E-state index in [1.807, 2.05) is 12.3 Å². The Labute approximate surface area is 88.9 Å². The SMILES string of the molecule is CCC[C@H](N)c1c(F)cccc1SC. The molecule has 0 heterocycles. The number of halogens is 1. The van der Waals surface area contributed by atoms with Crippen molar-refractivity contribution in [3.63, 3.8) is 0 Å². The second-order valence-electron chi connectivity index (χ2n) is 3.25. The predicted molar refractivity (Wildman–Crippen MR) is 60.0 cm³/mol. The number of thioether (sulfide) groups is 1. The lowest BCUT2D eigenvalue weighted by molar-refractivity contribution is 0.550. The van der Waals surface area contributed by atoms with Gasteiger partial charge in [0.1, 0.15) is 5.82 Å². The second kappa shape index (κ2) is 5.37. The summed E-state index contributed by atoms with van der Waals surface area (Å²) in [7, 11) is 0. The highest BCUT2D eigenvalue weighted by molar-refractivity contribution is 7.98. The van der Waals surface area contributed by atoms with Crippen LogP contribution in [0.2, 0.25) is 0 Å². The van der Waals surface area contributed by atoms with Gasteiger partial charge in [0.05, 0.1) is 0 Å². The summed E-state index contributed by atoms with van der Waals surface area (Å²) >= 11 is 1.54. The summed E-state index contributed by atoms with van der Waals surface area (Å²) < 4.78 is 13.5. The maximum absolute atomic E-state index is 13.5. The quantitative estimate of drug-likeness (QED) is 0.776. The number of hydrogen-bond acceptors (Lipinski definition) is 2. The van der Waals surface area contributed by atoms with Crippen LogP contribution in [0, 0.1) is 5.82 Å². The van der Waals surface area contributed by atoms with Crippen LogP contribution in [0.25, 0.3) is 0 Å². The number of hydrogen-bond donors (Lipinski definition) is 1. The van der Waals surface area contributed by atoms with Gasteiger partial charge in [0.25, 0.3) is 0 Å². The average Bonchev–Trinajstić information content (AvgIpc) is 2.17. The lowest BCUT2D eigenvalue weighted by atomic mass is 10.0. The van der Waals surface area contributed by atoms with E-state index in [0.29, 0.717) is 5.56 Å². The Bertz CT molecular complexity index is 301. The van der Waals surface area contributed by atoms with Crippen molar-refractivity contribution in [3.05, 3.63) is 29.6 Å². The van der Waals surface area contributed by atoms with Crippen LogP contribution in [-0.2, 0) is 0 Å². The zero-order valence-electron chi connectivity index (χ0n) is 8.59. The Balaban J connectivity index is 3.03. The zero-order valence-corrected chi connectivity index (χ0v) is 9.40. The van der Waals surface area contributed by atoms with Crippen molar-refractivity contribution >= 4 is 11.8 Å². The summed E-state index contributed by atoms with van der Waals surface area (Å²) in [6, 6.07) is 4.94. The van der Waals surface area contributed by atoms with Crippen molar-refractivity contribution in [1.29, 1.82) is 0 Å². The molecule has 0 radical (unpaired) electrons. The summed E-state index contributed by atoms with van der Waals surface area (Å²) in [5, 5.41) is 0. The molecule has 14 heavy (non-hydrogen) atoms. The van der Waals surface area contributed by atoms with Crippen LogP contribution in [0.15, 0.2) is 23.1 Å². The highest BCUT2D eigenvalue weighted by atomic mass is 32.2. The molecule has 0 saturated heterocycles. The summed E-state index contributed by atoms with van der Waals surface area (Å²) in [5.41, 5.74) is 6.60. The van der Waals surface area contributed by atoms with Crippen LogP contribution in [0.3, 0.4) is 0 Å². The van der Waals surface area contributed by atoms with E-state index in [1.165, 1.54) is 6.07 Å². The van der Waals surface area contributed by atoms with Crippen molar-refractivity contribution in [2.45, 2.75) is 30.7 Å². The first-order chi connectivity index (χ1) is 6.70. The van der Waals surface area contributed by atoms with Gasteiger partial charge >= 0.3 is 0 Å². The van der Waals surface area contributed by atoms with E-state index in [0.717, 1.165) is 17.7 Å². The standard InChI is InChI=1S/C11H16FNS/c1-3-5-9(13)11-8(12)6-4-7-10(11)14-2/h4,6-7,9H,3,5,13H2,1-2H3/t9-/m0/s1. The van der Waals surface area contributed by atoms with Gasteiger partial charge in [-0.15, -0.1) is 11.8 Å². The van der Waals surface area contributed by atoms with Crippen molar-refractivity contribution < 1.29 is 4.39 Å². The molecule has 0 saturated carbocycles. The fourth-order valence-corrected chi connectivity index (χ4v) is 2.19. The fourth-order valence-electron chi connectivity index (χ4n) is 1.51. The maximum atomic E-state index is 13.5. The highest BCUT2D eigenvalue weighted by Gasteiger charge is 2.14. The monoisotopic (exact) mass is 213 g/mol. The zero-order chi connectivity index (χ0) is 10.6. The van der Waals surface area contributed by atoms with Crippen LogP contribution in [0.4, 0.5) is 4.39 Å². The van der Waals surface area contributed by atoms with Gasteiger partial charge in [0.2, 0.25) is 0 Å². The third-order valence-electron chi connectivity index (χ3n) is 2.20. The van der Waals surface area contributed by atoms with E-state index in [9.17, 15) is 4.39 Å². The smallest absolute Gasteiger partial charge is 0.129 e. The Morgan fingerprint density at radius 1 is 1.50 bits per heavy atom. The van der Waals surface area contributed by atoms with Crippen molar-refractivity contribution in [1.82, 2.24) is 0 Å². The molecule has 0 aliphatic heterocycles. The maximum Gasteiger partial charge on any atom is 0.129 e. The molecular weight excluding hydrogens is 197 g/mol. The average molecular weight is 213 g/mol. The molecule has 2 N–H and O–H groups in total. The summed E-state index contributed by atoms with van der Waals surface area (Å²) in [6.45, 7) is 2.06. The lowest BCUT2D eigenvalue weighted by Gasteiger charge is -2.15. The molecule has 1 aromatic carbocycles. The Morgan fingerprint density at radius 3 is 2.79 bits per heavy atom. The third kappa shape index (κ3) is 2.49. The van der Waals surface area contributed by atoms with Gasteiger partial charge in [-0.3, -0.25) is 0 Å². The Kier molecular flexibility index (Phi) is 4.42. The van der Waals surface area contributed by atoms with Crippen LogP contribution in [0.5, 0.6) is 0 Å². The normalized spacial score (nSPS) is 12.9. The van der Waals surface area contributed by atoms with Crippen molar-refractivity contribution in [2.24, 2.45) is 5.73 Å². The highest BCUT2D eigenvalue weighted by Crippen LogP contribution is 2.29. The molecule has 0 aliphatic carbocycles. The largest absolute Gasteiger partial charge is 0.324 e. The summed E-state index contributed by atoms with van der Waals surface area (Å²) in [4.78, 5) is 0.950. The van der Waals surface area contributed by atoms with E-state index in [-0.39, 0.29) is 11.9 Å². The molecule has 0 unspecified atom stereocenters. The van der Waals surface area contributed by atoms with Crippen molar-refractivity contribution in [2.75, 3.05) is 6.26 Å². The molecular formula is C11H16FNS. The molecule has 1 rings (SSSR count). The molecule has 0 amide bonds. The Hall–Kier alpha value is -0.540. The Morgan fingerprint density at radius 2 is 2.21 bits per heavy atom. The van der Waals surface area contributed by atoms with Gasteiger partial charge in [-0.1, -0.05) is 19.4 Å². The van der Waals surface area contributed by atoms with Gasteiger partial charge in [-0.2, -0.15) is 0 Å². The number of rotatable bonds is 4. The molecule has 3 heteroatoms. The number of benzene rings is 1. The number of nitrogens with two attached hydrogens (primary N) is 1. The molecule has 0 aliphatic rings. The first-order valence-corrected chi connectivity index (χ1v) is 6.01. The lowest BCUT2D eigenvalue weighted by Crippen LogP contribution is -2.12. The van der Waals surface area contributed by atoms with Crippen LogP contribution in [0.1, 0.15) is 31.4 Å². The molecule has 0 aromatic heterocycles. The predicted octanol–water partition coefficient (Wildman–Crippen LogP) is 3.35. The molecule has 0 bridgehead atoms. The first-order valence-electron chi connectivity index (χ1n) is 4.78. The van der Waals surface area contributed by atoms with Gasteiger partial charge < -0.3 is 5.73 Å². The van der Waals surface area contributed by atoms with Crippen LogP contribution in [-0.4, -0.2) is 6.26 Å². The topological polar surface area (TPSA) is 26.0 Å². The first kappa shape index (κ1) is 11.5. The minimum atomic E-state index is -0.183. The minimum absolute atomic E-state index is 0.177. The van der Waals surface area contributed by atoms with E-state index in [1.54, 1.807) is 17.8 Å². The summed E-state index contributed by atoms with van der Waals surface area (Å²) in [6.07, 6.45) is 3.74. The molecule has 1 aromatic rings.